The van der Waals surface area contributed by atoms with Crippen molar-refractivity contribution in [2.45, 2.75) is 57.5 Å². The first-order valence-corrected chi connectivity index (χ1v) is 12.8. The maximum atomic E-state index is 12.6. The molecule has 1 aromatic carbocycles. The van der Waals surface area contributed by atoms with Crippen LogP contribution < -0.4 is 15.0 Å². The topological polar surface area (TPSA) is 88.9 Å². The maximum absolute atomic E-state index is 12.6. The third-order valence-corrected chi connectivity index (χ3v) is 7.49. The van der Waals surface area contributed by atoms with Crippen molar-refractivity contribution >= 4 is 17.7 Å². The lowest BCUT2D eigenvalue weighted by Gasteiger charge is -2.35. The minimum atomic E-state index is -0.362. The number of nitrogens with zero attached hydrogens (tertiary/aromatic N) is 4. The van der Waals surface area contributed by atoms with Crippen LogP contribution in [0.2, 0.25) is 0 Å². The first-order valence-electron chi connectivity index (χ1n) is 12.8. The number of piperidine rings is 1. The number of amides is 2. The molecular weight excluding hydrogens is 446 g/mol. The summed E-state index contributed by atoms with van der Waals surface area (Å²) < 4.78 is 13.6. The molecule has 0 radical (unpaired) electrons. The average Bonchev–Trinajstić information content (AvgIpc) is 3.53. The highest BCUT2D eigenvalue weighted by atomic mass is 16.5. The predicted molar refractivity (Wildman–Crippen MR) is 133 cm³/mol. The van der Waals surface area contributed by atoms with Gasteiger partial charge in [0.15, 0.2) is 0 Å². The lowest BCUT2D eigenvalue weighted by molar-refractivity contribution is -0.128. The van der Waals surface area contributed by atoms with Gasteiger partial charge in [-0.2, -0.15) is 5.10 Å². The van der Waals surface area contributed by atoms with Gasteiger partial charge in [-0.25, -0.2) is 4.79 Å². The molecule has 2 fully saturated rings. The predicted octanol–water partition coefficient (Wildman–Crippen LogP) is 3.38. The van der Waals surface area contributed by atoms with Crippen LogP contribution in [0.25, 0.3) is 11.1 Å². The van der Waals surface area contributed by atoms with Crippen LogP contribution in [0.15, 0.2) is 24.5 Å². The highest BCUT2D eigenvalue weighted by molar-refractivity contribution is 5.92. The van der Waals surface area contributed by atoms with Gasteiger partial charge in [-0.05, 0) is 64.3 Å². The van der Waals surface area contributed by atoms with Crippen molar-refractivity contribution in [2.75, 3.05) is 44.8 Å². The van der Waals surface area contributed by atoms with Crippen molar-refractivity contribution in [3.05, 3.63) is 30.1 Å². The Bertz CT molecular complexity index is 1080. The summed E-state index contributed by atoms with van der Waals surface area (Å²) in [4.78, 5) is 28.3. The summed E-state index contributed by atoms with van der Waals surface area (Å²) in [5, 5.41) is 8.09. The summed E-state index contributed by atoms with van der Waals surface area (Å²) >= 11 is 0. The second-order valence-electron chi connectivity index (χ2n) is 9.69. The van der Waals surface area contributed by atoms with E-state index in [4.69, 9.17) is 9.47 Å². The van der Waals surface area contributed by atoms with Gasteiger partial charge in [0.25, 0.3) is 0 Å². The summed E-state index contributed by atoms with van der Waals surface area (Å²) in [5.41, 5.74) is 3.81. The zero-order valence-electron chi connectivity index (χ0n) is 20.7. The molecule has 0 bridgehead atoms. The number of carbonyl (C=O) groups is 2. The molecule has 0 spiro atoms. The van der Waals surface area contributed by atoms with Crippen molar-refractivity contribution < 1.29 is 19.1 Å². The monoisotopic (exact) mass is 481 g/mol. The second-order valence-corrected chi connectivity index (χ2v) is 9.69. The number of likely N-dealkylation sites (tertiary alicyclic amines) is 1. The van der Waals surface area contributed by atoms with Crippen molar-refractivity contribution in [3.8, 4) is 16.9 Å². The van der Waals surface area contributed by atoms with Crippen molar-refractivity contribution in [1.82, 2.24) is 20.0 Å². The number of fused-ring (bicyclic) bond motifs is 1. The van der Waals surface area contributed by atoms with E-state index in [2.05, 4.69) is 21.3 Å². The van der Waals surface area contributed by atoms with E-state index in [9.17, 15) is 9.59 Å². The first kappa shape index (κ1) is 23.7. The Balaban J connectivity index is 1.48. The van der Waals surface area contributed by atoms with Gasteiger partial charge in [-0.3, -0.25) is 14.4 Å². The molecule has 35 heavy (non-hydrogen) atoms. The Kier molecular flexibility index (Phi) is 6.95. The lowest BCUT2D eigenvalue weighted by Crippen LogP contribution is -2.42. The van der Waals surface area contributed by atoms with Gasteiger partial charge in [-0.1, -0.05) is 0 Å². The summed E-state index contributed by atoms with van der Waals surface area (Å²) in [5.74, 6) is 0.970. The number of anilines is 1. The molecule has 0 unspecified atom stereocenters. The zero-order chi connectivity index (χ0) is 24.4. The summed E-state index contributed by atoms with van der Waals surface area (Å²) in [6.45, 7) is 5.81. The van der Waals surface area contributed by atoms with Gasteiger partial charge < -0.3 is 19.7 Å². The number of carbonyl (C=O) groups excluding carboxylic acids is 2. The Hall–Kier alpha value is -3.07. The molecule has 1 atom stereocenters. The van der Waals surface area contributed by atoms with E-state index in [1.807, 2.05) is 30.2 Å². The van der Waals surface area contributed by atoms with Gasteiger partial charge in [-0.15, -0.1) is 0 Å². The van der Waals surface area contributed by atoms with Crippen molar-refractivity contribution in [2.24, 2.45) is 0 Å². The van der Waals surface area contributed by atoms with Gasteiger partial charge in [0.2, 0.25) is 5.91 Å². The van der Waals surface area contributed by atoms with Crippen LogP contribution in [0.3, 0.4) is 0 Å². The fraction of sp³-hybridized carbons (Fsp3) is 0.577. The van der Waals surface area contributed by atoms with E-state index in [1.165, 1.54) is 7.11 Å². The molecule has 0 aliphatic carbocycles. The van der Waals surface area contributed by atoms with Crippen LogP contribution in [-0.4, -0.2) is 72.6 Å². The Morgan fingerprint density at radius 2 is 2.03 bits per heavy atom. The number of ether oxygens (including phenoxy) is 2. The largest absolute Gasteiger partial charge is 0.491 e. The molecule has 2 amide bonds. The highest BCUT2D eigenvalue weighted by Gasteiger charge is 2.32. The number of benzene rings is 1. The third-order valence-electron chi connectivity index (χ3n) is 7.49. The fourth-order valence-corrected chi connectivity index (χ4v) is 5.52. The van der Waals surface area contributed by atoms with Crippen LogP contribution in [0.1, 0.15) is 50.6 Å². The molecule has 188 valence electrons. The maximum Gasteiger partial charge on any atom is 0.414 e. The summed E-state index contributed by atoms with van der Waals surface area (Å²) in [6.07, 6.45) is 8.93. The molecule has 3 aliphatic heterocycles. The van der Waals surface area contributed by atoms with E-state index in [1.54, 1.807) is 4.90 Å². The van der Waals surface area contributed by atoms with Gasteiger partial charge in [0, 0.05) is 41.9 Å². The Morgan fingerprint density at radius 3 is 2.77 bits per heavy atom. The molecule has 0 saturated carbocycles. The molecule has 9 heteroatoms. The molecule has 2 saturated heterocycles. The summed E-state index contributed by atoms with van der Waals surface area (Å²) in [7, 11) is 1.41. The third kappa shape index (κ3) is 4.74. The van der Waals surface area contributed by atoms with E-state index in [0.29, 0.717) is 25.6 Å². The number of methoxy groups -OCH3 is 1. The van der Waals surface area contributed by atoms with Crippen LogP contribution in [0.5, 0.6) is 5.75 Å². The van der Waals surface area contributed by atoms with E-state index >= 15 is 0 Å². The minimum absolute atomic E-state index is 0.0403. The number of aromatic nitrogens is 2. The van der Waals surface area contributed by atoms with E-state index in [0.717, 1.165) is 79.9 Å². The van der Waals surface area contributed by atoms with E-state index < -0.39 is 0 Å². The number of hydrogen-bond donors (Lipinski definition) is 1. The molecular formula is C26H35N5O4. The smallest absolute Gasteiger partial charge is 0.414 e. The van der Waals surface area contributed by atoms with Crippen LogP contribution >= 0.6 is 0 Å². The molecule has 4 heterocycles. The van der Waals surface area contributed by atoms with Gasteiger partial charge in [0.05, 0.1) is 31.6 Å². The number of nitrogens with one attached hydrogen (secondary N) is 1. The van der Waals surface area contributed by atoms with Gasteiger partial charge in [0.1, 0.15) is 12.4 Å². The SMILES string of the molecule is COC(=O)N1c2ccc(-c3cnn(C4CCNCC4)c3)c(OCCN3CCCC3=O)c2CC[C@@H]1C. The fourth-order valence-electron chi connectivity index (χ4n) is 5.52. The molecule has 3 aliphatic rings. The van der Waals surface area contributed by atoms with Crippen molar-refractivity contribution in [3.63, 3.8) is 0 Å². The van der Waals surface area contributed by atoms with Crippen LogP contribution in [0, 0.1) is 0 Å². The second kappa shape index (κ2) is 10.3. The Labute approximate surface area is 206 Å². The minimum Gasteiger partial charge on any atom is -0.491 e. The normalized spacial score (nSPS) is 20.7. The molecule has 1 N–H and O–H groups in total. The molecule has 2 aromatic rings. The van der Waals surface area contributed by atoms with Gasteiger partial charge >= 0.3 is 6.09 Å². The summed E-state index contributed by atoms with van der Waals surface area (Å²) in [6, 6.07) is 4.45. The molecule has 1 aromatic heterocycles. The number of rotatable bonds is 6. The van der Waals surface area contributed by atoms with Crippen LogP contribution in [-0.2, 0) is 16.0 Å². The first-order chi connectivity index (χ1) is 17.1. The quantitative estimate of drug-likeness (QED) is 0.681. The molecule has 9 nitrogen and oxygen atoms in total. The Morgan fingerprint density at radius 1 is 1.20 bits per heavy atom. The highest BCUT2D eigenvalue weighted by Crippen LogP contribution is 2.43. The van der Waals surface area contributed by atoms with Crippen molar-refractivity contribution in [1.29, 1.82) is 0 Å². The zero-order valence-corrected chi connectivity index (χ0v) is 20.7. The lowest BCUT2D eigenvalue weighted by atomic mass is 9.92. The number of hydrogen-bond acceptors (Lipinski definition) is 6. The standard InChI is InChI=1S/C26H35N5O4/c1-18-5-6-22-23(31(18)26(33)34-2)8-7-21(25(22)35-15-14-29-13-3-4-24(29)32)19-16-28-30(17-19)20-9-11-27-12-10-20/h7-8,16-18,20,27H,3-6,9-15H2,1-2H3/t18-/m0/s1. The average molecular weight is 482 g/mol. The van der Waals surface area contributed by atoms with E-state index in [-0.39, 0.29) is 18.0 Å². The van der Waals surface area contributed by atoms with Crippen LogP contribution in [0.4, 0.5) is 10.5 Å². The molecule has 5 rings (SSSR count).